The lowest BCUT2D eigenvalue weighted by Crippen LogP contribution is -2.40. The Labute approximate surface area is 192 Å². The van der Waals surface area contributed by atoms with Crippen LogP contribution in [-0.4, -0.2) is 21.9 Å². The Hall–Kier alpha value is -4.01. The number of allylic oxidation sites excluding steroid dienone is 2. The molecule has 0 fully saturated rings. The highest BCUT2D eigenvalue weighted by Crippen LogP contribution is 2.43. The zero-order valence-corrected chi connectivity index (χ0v) is 18.0. The van der Waals surface area contributed by atoms with Crippen molar-refractivity contribution in [3.63, 3.8) is 0 Å². The van der Waals surface area contributed by atoms with Crippen molar-refractivity contribution in [2.45, 2.75) is 38.3 Å². The maximum atomic E-state index is 13.1. The predicted octanol–water partition coefficient (Wildman–Crippen LogP) is 3.75. The number of hydrogen-bond acceptors (Lipinski definition) is 5. The van der Waals surface area contributed by atoms with Crippen LogP contribution in [0, 0.1) is 0 Å². The average molecular weight is 465 g/mol. The van der Waals surface area contributed by atoms with Gasteiger partial charge in [-0.25, -0.2) is 4.79 Å². The van der Waals surface area contributed by atoms with Gasteiger partial charge in [-0.15, -0.1) is 0 Å². The molecule has 0 bridgehead atoms. The summed E-state index contributed by atoms with van der Waals surface area (Å²) in [7, 11) is 0. The fourth-order valence-corrected chi connectivity index (χ4v) is 4.70. The number of fused-ring (bicyclic) bond motifs is 1. The van der Waals surface area contributed by atoms with Gasteiger partial charge in [0.25, 0.3) is 5.56 Å². The van der Waals surface area contributed by atoms with E-state index in [0.29, 0.717) is 41.9 Å². The Morgan fingerprint density at radius 2 is 1.74 bits per heavy atom. The van der Waals surface area contributed by atoms with Crippen LogP contribution in [0.5, 0.6) is 5.75 Å². The van der Waals surface area contributed by atoms with E-state index in [1.54, 1.807) is 12.1 Å². The third-order valence-corrected chi connectivity index (χ3v) is 6.16. The maximum Gasteiger partial charge on any atom is 0.387 e. The van der Waals surface area contributed by atoms with Gasteiger partial charge in [-0.1, -0.05) is 42.5 Å². The van der Waals surface area contributed by atoms with Gasteiger partial charge < -0.3 is 10.1 Å². The number of nitrogens with one attached hydrogen (secondary N) is 2. The number of benzene rings is 2. The molecule has 0 radical (unpaired) electrons. The summed E-state index contributed by atoms with van der Waals surface area (Å²) in [5, 5.41) is 3.21. The van der Waals surface area contributed by atoms with Crippen LogP contribution in [0.15, 0.2) is 75.5 Å². The fraction of sp³-hybridized carbons (Fsp3) is 0.240. The van der Waals surface area contributed by atoms with Gasteiger partial charge >= 0.3 is 12.3 Å². The number of ether oxygens (including phenoxy) is 1. The molecular formula is C25H21F2N3O4. The maximum absolute atomic E-state index is 13.1. The molecule has 2 N–H and O–H groups in total. The second kappa shape index (κ2) is 8.74. The molecule has 0 saturated heterocycles. The lowest BCUT2D eigenvalue weighted by molar-refractivity contribution is -0.116. The van der Waals surface area contributed by atoms with Crippen LogP contribution in [0.3, 0.4) is 0 Å². The minimum atomic E-state index is -2.96. The number of rotatable bonds is 5. The summed E-state index contributed by atoms with van der Waals surface area (Å²) in [6, 6.07) is 15.2. The molecule has 7 nitrogen and oxygen atoms in total. The van der Waals surface area contributed by atoms with E-state index in [0.717, 1.165) is 5.56 Å². The minimum Gasteiger partial charge on any atom is -0.435 e. The molecule has 9 heteroatoms. The largest absolute Gasteiger partial charge is 0.435 e. The number of H-pyrrole nitrogens is 1. The van der Waals surface area contributed by atoms with Gasteiger partial charge in [0.15, 0.2) is 5.78 Å². The summed E-state index contributed by atoms with van der Waals surface area (Å²) < 4.78 is 31.1. The molecule has 2 heterocycles. The number of carbonyl (C=O) groups is 1. The van der Waals surface area contributed by atoms with E-state index in [-0.39, 0.29) is 23.6 Å². The van der Waals surface area contributed by atoms with Crippen LogP contribution < -0.4 is 21.3 Å². The van der Waals surface area contributed by atoms with Gasteiger partial charge in [-0.05, 0) is 36.1 Å². The van der Waals surface area contributed by atoms with Crippen LogP contribution in [0.4, 0.5) is 14.6 Å². The molecule has 0 amide bonds. The lowest BCUT2D eigenvalue weighted by Gasteiger charge is -2.34. The second-order valence-corrected chi connectivity index (χ2v) is 8.27. The van der Waals surface area contributed by atoms with Crippen molar-refractivity contribution < 1.29 is 18.3 Å². The van der Waals surface area contributed by atoms with Gasteiger partial charge in [0, 0.05) is 23.6 Å². The van der Waals surface area contributed by atoms with Crippen LogP contribution in [0.25, 0.3) is 0 Å². The Morgan fingerprint density at radius 1 is 1.00 bits per heavy atom. The number of anilines is 1. The van der Waals surface area contributed by atoms with Crippen molar-refractivity contribution in [3.05, 3.63) is 103 Å². The summed E-state index contributed by atoms with van der Waals surface area (Å²) in [5.74, 6) is -0.521. The molecule has 1 unspecified atom stereocenters. The predicted molar refractivity (Wildman–Crippen MR) is 121 cm³/mol. The molecule has 1 aliphatic heterocycles. The van der Waals surface area contributed by atoms with E-state index in [1.807, 2.05) is 30.3 Å². The van der Waals surface area contributed by atoms with E-state index in [2.05, 4.69) is 15.0 Å². The van der Waals surface area contributed by atoms with Crippen molar-refractivity contribution in [1.82, 2.24) is 9.55 Å². The highest BCUT2D eigenvalue weighted by molar-refractivity contribution is 6.00. The first-order valence-electron chi connectivity index (χ1n) is 10.9. The van der Waals surface area contributed by atoms with Crippen molar-refractivity contribution >= 4 is 11.6 Å². The number of halogens is 2. The molecular weight excluding hydrogens is 444 g/mol. The third kappa shape index (κ3) is 3.93. The number of ketones is 1. The molecule has 5 rings (SSSR count). The van der Waals surface area contributed by atoms with E-state index >= 15 is 0 Å². The normalized spacial score (nSPS) is 17.3. The monoisotopic (exact) mass is 465 g/mol. The average Bonchev–Trinajstić information content (AvgIpc) is 2.81. The Balaban J connectivity index is 1.69. The Kier molecular flexibility index (Phi) is 5.61. The number of hydrogen-bond donors (Lipinski definition) is 2. The van der Waals surface area contributed by atoms with Crippen molar-refractivity contribution in [3.8, 4) is 5.75 Å². The van der Waals surface area contributed by atoms with Crippen molar-refractivity contribution in [2.24, 2.45) is 0 Å². The second-order valence-electron chi connectivity index (χ2n) is 8.27. The smallest absolute Gasteiger partial charge is 0.387 e. The van der Waals surface area contributed by atoms with Gasteiger partial charge in [0.05, 0.1) is 12.1 Å². The molecule has 0 saturated carbocycles. The molecule has 2 aromatic carbocycles. The van der Waals surface area contributed by atoms with Gasteiger partial charge in [-0.2, -0.15) is 8.78 Å². The first-order chi connectivity index (χ1) is 16.4. The molecule has 1 aliphatic carbocycles. The van der Waals surface area contributed by atoms with E-state index in [9.17, 15) is 23.2 Å². The van der Waals surface area contributed by atoms with E-state index in [4.69, 9.17) is 0 Å². The quantitative estimate of drug-likeness (QED) is 0.599. The summed E-state index contributed by atoms with van der Waals surface area (Å²) in [5.41, 5.74) is 1.66. The molecule has 34 heavy (non-hydrogen) atoms. The zero-order valence-electron chi connectivity index (χ0n) is 18.0. The third-order valence-electron chi connectivity index (χ3n) is 6.16. The number of Topliss-reactive ketones (excluding diaryl/α,β-unsaturated/α-hetero) is 1. The van der Waals surface area contributed by atoms with Crippen molar-refractivity contribution in [2.75, 3.05) is 5.32 Å². The fourth-order valence-electron chi connectivity index (χ4n) is 4.70. The number of aromatic nitrogens is 2. The Morgan fingerprint density at radius 3 is 2.44 bits per heavy atom. The topological polar surface area (TPSA) is 93.2 Å². The molecule has 174 valence electrons. The minimum absolute atomic E-state index is 0.0277. The lowest BCUT2D eigenvalue weighted by atomic mass is 9.76. The molecule has 3 aromatic rings. The highest BCUT2D eigenvalue weighted by Gasteiger charge is 2.38. The van der Waals surface area contributed by atoms with Gasteiger partial charge in [-0.3, -0.25) is 19.1 Å². The number of carbonyl (C=O) groups excluding carboxylic acids is 1. The summed E-state index contributed by atoms with van der Waals surface area (Å²) >= 11 is 0. The van der Waals surface area contributed by atoms with Crippen LogP contribution in [0.2, 0.25) is 0 Å². The summed E-state index contributed by atoms with van der Waals surface area (Å²) in [6.07, 6.45) is 1.59. The molecule has 1 atom stereocenters. The first kappa shape index (κ1) is 21.8. The molecule has 2 aliphatic rings. The number of nitrogens with zero attached hydrogens (tertiary/aromatic N) is 1. The molecule has 1 aromatic heterocycles. The van der Waals surface area contributed by atoms with Crippen LogP contribution in [0.1, 0.15) is 41.9 Å². The van der Waals surface area contributed by atoms with E-state index in [1.165, 1.54) is 16.7 Å². The standard InChI is InChI=1S/C25H21F2N3O4/c26-24(27)34-16-11-9-15(10-12-16)19-20-17(7-4-8-18(20)31)28-22-21(19)23(32)29-25(33)30(22)13-14-5-2-1-3-6-14/h1-3,5-6,9-12,19,24,28H,4,7-8,13H2,(H,29,32,33). The SMILES string of the molecule is O=C1CCCC2=C1C(c1ccc(OC(F)F)cc1)c1c(n(Cc3ccccc3)c(=O)[nH]c1=O)N2. The van der Waals surface area contributed by atoms with Gasteiger partial charge in [0.1, 0.15) is 11.6 Å². The zero-order chi connectivity index (χ0) is 23.8. The first-order valence-corrected chi connectivity index (χ1v) is 10.9. The van der Waals surface area contributed by atoms with Crippen molar-refractivity contribution in [1.29, 1.82) is 0 Å². The van der Waals surface area contributed by atoms with Crippen LogP contribution >= 0.6 is 0 Å². The molecule has 0 spiro atoms. The van der Waals surface area contributed by atoms with Crippen LogP contribution in [-0.2, 0) is 11.3 Å². The number of aromatic amines is 1. The Bertz CT molecular complexity index is 1390. The van der Waals surface area contributed by atoms with E-state index < -0.39 is 23.8 Å². The summed E-state index contributed by atoms with van der Waals surface area (Å²) in [6.45, 7) is -2.74. The highest BCUT2D eigenvalue weighted by atomic mass is 19.3. The van der Waals surface area contributed by atoms with Gasteiger partial charge in [0.2, 0.25) is 0 Å². The summed E-state index contributed by atoms with van der Waals surface area (Å²) in [4.78, 5) is 41.3. The number of alkyl halides is 2.